The average Bonchev–Trinajstić information content (AvgIpc) is 2.30. The summed E-state index contributed by atoms with van der Waals surface area (Å²) in [6, 6.07) is 7.64. The van der Waals surface area contributed by atoms with Gasteiger partial charge in [-0.2, -0.15) is 5.26 Å². The van der Waals surface area contributed by atoms with Crippen LogP contribution in [-0.2, 0) is 4.79 Å². The van der Waals surface area contributed by atoms with Crippen molar-refractivity contribution in [3.05, 3.63) is 28.2 Å². The molecular formula is C12H11BrN2O. The number of hydrogen-bond donors (Lipinski definition) is 0. The fourth-order valence-corrected chi connectivity index (χ4v) is 2.46. The highest BCUT2D eigenvalue weighted by Crippen LogP contribution is 2.28. The summed E-state index contributed by atoms with van der Waals surface area (Å²) >= 11 is 3.46. The van der Waals surface area contributed by atoms with Gasteiger partial charge in [-0.15, -0.1) is 0 Å². The second-order valence-electron chi connectivity index (χ2n) is 3.80. The van der Waals surface area contributed by atoms with Gasteiger partial charge in [-0.1, -0.05) is 0 Å². The van der Waals surface area contributed by atoms with Gasteiger partial charge in [-0.05, 0) is 34.1 Å². The number of rotatable bonds is 1. The van der Waals surface area contributed by atoms with Crippen LogP contribution >= 0.6 is 15.9 Å². The van der Waals surface area contributed by atoms with Crippen LogP contribution < -0.4 is 4.90 Å². The van der Waals surface area contributed by atoms with Gasteiger partial charge in [0.2, 0.25) is 0 Å². The number of hydrogen-bond acceptors (Lipinski definition) is 3. The molecule has 0 amide bonds. The van der Waals surface area contributed by atoms with Crippen LogP contribution in [0.15, 0.2) is 22.7 Å². The smallest absolute Gasteiger partial charge is 0.136 e. The van der Waals surface area contributed by atoms with Gasteiger partial charge < -0.3 is 4.90 Å². The van der Waals surface area contributed by atoms with Crippen LogP contribution in [0, 0.1) is 11.3 Å². The van der Waals surface area contributed by atoms with Gasteiger partial charge in [0.25, 0.3) is 0 Å². The summed E-state index contributed by atoms with van der Waals surface area (Å²) in [6.07, 6.45) is 1.24. The van der Waals surface area contributed by atoms with Crippen LogP contribution in [0.2, 0.25) is 0 Å². The number of anilines is 1. The van der Waals surface area contributed by atoms with Crippen molar-refractivity contribution in [3.63, 3.8) is 0 Å². The van der Waals surface area contributed by atoms with Crippen molar-refractivity contribution in [2.24, 2.45) is 0 Å². The molecular weight excluding hydrogens is 268 g/mol. The van der Waals surface area contributed by atoms with Crippen molar-refractivity contribution in [1.82, 2.24) is 0 Å². The van der Waals surface area contributed by atoms with Gasteiger partial charge in [0.1, 0.15) is 5.78 Å². The van der Waals surface area contributed by atoms with Gasteiger partial charge in [0.15, 0.2) is 0 Å². The van der Waals surface area contributed by atoms with E-state index in [1.165, 1.54) is 0 Å². The number of nitriles is 1. The highest BCUT2D eigenvalue weighted by atomic mass is 79.9. The van der Waals surface area contributed by atoms with Crippen LogP contribution in [0.25, 0.3) is 0 Å². The third kappa shape index (κ3) is 2.25. The zero-order valence-corrected chi connectivity index (χ0v) is 10.3. The molecule has 0 unspecified atom stereocenters. The van der Waals surface area contributed by atoms with Crippen LogP contribution in [0.1, 0.15) is 18.4 Å². The van der Waals surface area contributed by atoms with E-state index in [0.717, 1.165) is 23.2 Å². The van der Waals surface area contributed by atoms with Crippen LogP contribution in [-0.4, -0.2) is 18.9 Å². The lowest BCUT2D eigenvalue weighted by molar-refractivity contribution is -0.119. The first-order valence-electron chi connectivity index (χ1n) is 5.17. The molecule has 0 aromatic heterocycles. The highest BCUT2D eigenvalue weighted by Gasteiger charge is 2.18. The number of piperidine rings is 1. The Labute approximate surface area is 103 Å². The second-order valence-corrected chi connectivity index (χ2v) is 4.66. The number of benzene rings is 1. The van der Waals surface area contributed by atoms with E-state index in [1.807, 2.05) is 12.1 Å². The topological polar surface area (TPSA) is 44.1 Å². The fraction of sp³-hybridized carbons (Fsp3) is 0.333. The number of ketones is 1. The van der Waals surface area contributed by atoms with E-state index in [4.69, 9.17) is 5.26 Å². The Bertz CT molecular complexity index is 455. The molecule has 0 aliphatic carbocycles. The minimum atomic E-state index is 0.334. The van der Waals surface area contributed by atoms with Crippen molar-refractivity contribution in [1.29, 1.82) is 5.26 Å². The molecule has 1 aromatic carbocycles. The van der Waals surface area contributed by atoms with Gasteiger partial charge in [0.05, 0.1) is 17.3 Å². The molecule has 0 atom stereocenters. The zero-order valence-electron chi connectivity index (χ0n) is 8.74. The summed E-state index contributed by atoms with van der Waals surface area (Å²) in [5.41, 5.74) is 1.70. The van der Waals surface area contributed by atoms with Crippen LogP contribution in [0.3, 0.4) is 0 Å². The maximum absolute atomic E-state index is 11.1. The van der Waals surface area contributed by atoms with Gasteiger partial charge in [0, 0.05) is 30.4 Å². The van der Waals surface area contributed by atoms with Crippen molar-refractivity contribution >= 4 is 27.4 Å². The van der Waals surface area contributed by atoms with Gasteiger partial charge in [-0.25, -0.2) is 0 Å². The van der Waals surface area contributed by atoms with Gasteiger partial charge in [-0.3, -0.25) is 4.79 Å². The largest absolute Gasteiger partial charge is 0.370 e. The fourth-order valence-electron chi connectivity index (χ4n) is 1.83. The summed E-state index contributed by atoms with van der Waals surface area (Å²) in [4.78, 5) is 13.3. The normalized spacial score (nSPS) is 16.0. The van der Waals surface area contributed by atoms with E-state index < -0.39 is 0 Å². The van der Waals surface area contributed by atoms with Crippen LogP contribution in [0.4, 0.5) is 5.69 Å². The molecule has 82 valence electrons. The highest BCUT2D eigenvalue weighted by molar-refractivity contribution is 9.10. The van der Waals surface area contributed by atoms with Gasteiger partial charge >= 0.3 is 0 Å². The summed E-state index contributed by atoms with van der Waals surface area (Å²) < 4.78 is 0.917. The van der Waals surface area contributed by atoms with E-state index in [9.17, 15) is 4.79 Å². The number of nitrogens with zero attached hydrogens (tertiary/aromatic N) is 2. The molecule has 0 spiro atoms. The molecule has 0 bridgehead atoms. The van der Waals surface area contributed by atoms with E-state index in [1.54, 1.807) is 6.07 Å². The molecule has 4 heteroatoms. The molecule has 0 radical (unpaired) electrons. The molecule has 1 fully saturated rings. The van der Waals surface area contributed by atoms with E-state index >= 15 is 0 Å². The number of Topliss-reactive ketones (excluding diaryl/α,β-unsaturated/α-hetero) is 1. The number of carbonyl (C=O) groups is 1. The Hall–Kier alpha value is -1.34. The minimum absolute atomic E-state index is 0.334. The molecule has 1 aromatic rings. The average molecular weight is 279 g/mol. The number of carbonyl (C=O) groups excluding carboxylic acids is 1. The van der Waals surface area contributed by atoms with E-state index in [2.05, 4.69) is 26.9 Å². The van der Waals surface area contributed by atoms with Crippen molar-refractivity contribution < 1.29 is 4.79 Å². The lowest BCUT2D eigenvalue weighted by Crippen LogP contribution is -2.33. The Kier molecular flexibility index (Phi) is 3.25. The Morgan fingerprint density at radius 1 is 1.31 bits per heavy atom. The van der Waals surface area contributed by atoms with Crippen molar-refractivity contribution in [2.75, 3.05) is 18.0 Å². The van der Waals surface area contributed by atoms with Crippen molar-refractivity contribution in [3.8, 4) is 6.07 Å². The molecule has 1 heterocycles. The first-order valence-corrected chi connectivity index (χ1v) is 5.96. The van der Waals surface area contributed by atoms with E-state index in [-0.39, 0.29) is 0 Å². The molecule has 0 saturated carbocycles. The Morgan fingerprint density at radius 2 is 2.00 bits per heavy atom. The number of halogens is 1. The SMILES string of the molecule is N#Cc1ccc(N2CCC(=O)CC2)c(Br)c1. The minimum Gasteiger partial charge on any atom is -0.370 e. The lowest BCUT2D eigenvalue weighted by atomic mass is 10.1. The predicted octanol–water partition coefficient (Wildman–Crippen LogP) is 2.49. The second kappa shape index (κ2) is 4.67. The first kappa shape index (κ1) is 11.2. The zero-order chi connectivity index (χ0) is 11.5. The molecule has 2 rings (SSSR count). The Balaban J connectivity index is 2.21. The lowest BCUT2D eigenvalue weighted by Gasteiger charge is -2.29. The Morgan fingerprint density at radius 3 is 2.56 bits per heavy atom. The molecule has 3 nitrogen and oxygen atoms in total. The summed E-state index contributed by atoms with van der Waals surface area (Å²) in [5.74, 6) is 0.334. The molecule has 1 aliphatic rings. The molecule has 0 N–H and O–H groups in total. The maximum atomic E-state index is 11.1. The third-order valence-electron chi connectivity index (χ3n) is 2.74. The van der Waals surface area contributed by atoms with E-state index in [0.29, 0.717) is 24.2 Å². The van der Waals surface area contributed by atoms with Crippen molar-refractivity contribution in [2.45, 2.75) is 12.8 Å². The first-order chi connectivity index (χ1) is 7.70. The molecule has 16 heavy (non-hydrogen) atoms. The summed E-state index contributed by atoms with van der Waals surface area (Å²) in [7, 11) is 0. The molecule has 1 saturated heterocycles. The third-order valence-corrected chi connectivity index (χ3v) is 3.37. The monoisotopic (exact) mass is 278 g/mol. The maximum Gasteiger partial charge on any atom is 0.136 e. The molecule has 1 aliphatic heterocycles. The standard InChI is InChI=1S/C12H11BrN2O/c13-11-7-9(8-14)1-2-12(11)15-5-3-10(16)4-6-15/h1-2,7H,3-6H2. The summed E-state index contributed by atoms with van der Waals surface area (Å²) in [6.45, 7) is 1.53. The quantitative estimate of drug-likeness (QED) is 0.793. The predicted molar refractivity (Wildman–Crippen MR) is 65.3 cm³/mol. The summed E-state index contributed by atoms with van der Waals surface area (Å²) in [5, 5.41) is 8.77. The van der Waals surface area contributed by atoms with Crippen LogP contribution in [0.5, 0.6) is 0 Å².